The van der Waals surface area contributed by atoms with Crippen LogP contribution in [0.25, 0.3) is 16.7 Å². The Morgan fingerprint density at radius 2 is 1.86 bits per heavy atom. The maximum Gasteiger partial charge on any atom is 0.313 e. The van der Waals surface area contributed by atoms with E-state index in [2.05, 4.69) is 13.8 Å². The molecule has 2 aromatic carbocycles. The monoisotopic (exact) mass is 396 g/mol. The Labute approximate surface area is 171 Å². The first kappa shape index (κ1) is 21.0. The van der Waals surface area contributed by atoms with Gasteiger partial charge in [-0.15, -0.1) is 0 Å². The lowest BCUT2D eigenvalue weighted by Crippen LogP contribution is -2.16. The van der Waals surface area contributed by atoms with Gasteiger partial charge in [0.05, 0.1) is 23.6 Å². The fraction of sp³-hybridized carbons (Fsp3) is 0.417. The van der Waals surface area contributed by atoms with Gasteiger partial charge < -0.3 is 4.74 Å². The molecule has 0 fully saturated rings. The summed E-state index contributed by atoms with van der Waals surface area (Å²) in [5, 5.41) is 0. The summed E-state index contributed by atoms with van der Waals surface area (Å²) in [7, 11) is 0. The highest BCUT2D eigenvalue weighted by Crippen LogP contribution is 2.27. The predicted molar refractivity (Wildman–Crippen MR) is 114 cm³/mol. The van der Waals surface area contributed by atoms with Gasteiger partial charge in [0.2, 0.25) is 0 Å². The van der Waals surface area contributed by atoms with Crippen LogP contribution in [0.15, 0.2) is 42.5 Å². The second-order valence-electron chi connectivity index (χ2n) is 7.28. The molecule has 0 bridgehead atoms. The summed E-state index contributed by atoms with van der Waals surface area (Å²) in [4.78, 5) is 17.1. The molecule has 0 spiro atoms. The van der Waals surface area contributed by atoms with Gasteiger partial charge in [-0.1, -0.05) is 38.8 Å². The van der Waals surface area contributed by atoms with Crippen LogP contribution in [-0.2, 0) is 16.0 Å². The molecule has 0 aliphatic rings. The van der Waals surface area contributed by atoms with Crippen LogP contribution in [0.5, 0.6) is 0 Å². The number of ether oxygens (including phenoxy) is 1. The fourth-order valence-electron chi connectivity index (χ4n) is 3.70. The predicted octanol–water partition coefficient (Wildman–Crippen LogP) is 5.95. The Balaban J connectivity index is 2.01. The zero-order valence-electron chi connectivity index (χ0n) is 17.5. The van der Waals surface area contributed by atoms with E-state index in [1.54, 1.807) is 6.07 Å². The van der Waals surface area contributed by atoms with E-state index in [4.69, 9.17) is 9.72 Å². The minimum Gasteiger partial charge on any atom is -0.466 e. The number of halogens is 1. The number of aryl methyl sites for hydroxylation is 1. The largest absolute Gasteiger partial charge is 0.466 e. The average Bonchev–Trinajstić information content (AvgIpc) is 3.08. The van der Waals surface area contributed by atoms with Crippen molar-refractivity contribution in [3.63, 3.8) is 0 Å². The van der Waals surface area contributed by atoms with E-state index in [1.807, 2.05) is 35.8 Å². The molecule has 0 saturated heterocycles. The lowest BCUT2D eigenvalue weighted by molar-refractivity contribution is -0.145. The molecule has 5 heteroatoms. The molecular weight excluding hydrogens is 367 g/mol. The SMILES string of the molecule is CCCCc1nc2ccc(F)cc2n1-c1ccc(C(CCC)C(=O)OCC)cc1. The molecule has 1 aromatic heterocycles. The van der Waals surface area contributed by atoms with E-state index in [-0.39, 0.29) is 17.7 Å². The molecular formula is C24H29FN2O2. The van der Waals surface area contributed by atoms with E-state index in [9.17, 15) is 9.18 Å². The van der Waals surface area contributed by atoms with Crippen molar-refractivity contribution in [2.24, 2.45) is 0 Å². The number of carbonyl (C=O) groups is 1. The number of hydrogen-bond acceptors (Lipinski definition) is 3. The number of imidazole rings is 1. The van der Waals surface area contributed by atoms with Crippen molar-refractivity contribution < 1.29 is 13.9 Å². The smallest absolute Gasteiger partial charge is 0.313 e. The zero-order chi connectivity index (χ0) is 20.8. The third kappa shape index (κ3) is 4.66. The third-order valence-electron chi connectivity index (χ3n) is 5.14. The van der Waals surface area contributed by atoms with Crippen LogP contribution >= 0.6 is 0 Å². The van der Waals surface area contributed by atoms with Gasteiger partial charge in [-0.05, 0) is 49.6 Å². The number of fused-ring (bicyclic) bond motifs is 1. The number of benzene rings is 2. The Morgan fingerprint density at radius 3 is 2.52 bits per heavy atom. The summed E-state index contributed by atoms with van der Waals surface area (Å²) in [6.07, 6.45) is 4.56. The van der Waals surface area contributed by atoms with Crippen LogP contribution in [-0.4, -0.2) is 22.1 Å². The van der Waals surface area contributed by atoms with E-state index >= 15 is 0 Å². The molecule has 0 saturated carbocycles. The van der Waals surface area contributed by atoms with E-state index in [1.165, 1.54) is 12.1 Å². The molecule has 0 aliphatic carbocycles. The number of esters is 1. The number of aromatic nitrogens is 2. The van der Waals surface area contributed by atoms with E-state index in [0.29, 0.717) is 6.61 Å². The third-order valence-corrected chi connectivity index (χ3v) is 5.14. The Hall–Kier alpha value is -2.69. The normalized spacial score (nSPS) is 12.3. The van der Waals surface area contributed by atoms with Gasteiger partial charge in [-0.2, -0.15) is 0 Å². The van der Waals surface area contributed by atoms with Crippen LogP contribution in [0.1, 0.15) is 63.8 Å². The van der Waals surface area contributed by atoms with Gasteiger partial charge in [0.1, 0.15) is 11.6 Å². The van der Waals surface area contributed by atoms with Gasteiger partial charge in [-0.3, -0.25) is 9.36 Å². The van der Waals surface area contributed by atoms with Crippen molar-refractivity contribution in [1.29, 1.82) is 0 Å². The van der Waals surface area contributed by atoms with Crippen molar-refractivity contribution >= 4 is 17.0 Å². The van der Waals surface area contributed by atoms with Crippen molar-refractivity contribution in [2.75, 3.05) is 6.61 Å². The van der Waals surface area contributed by atoms with Crippen molar-refractivity contribution in [1.82, 2.24) is 9.55 Å². The van der Waals surface area contributed by atoms with Crippen molar-refractivity contribution in [3.8, 4) is 5.69 Å². The van der Waals surface area contributed by atoms with Crippen molar-refractivity contribution in [3.05, 3.63) is 59.7 Å². The summed E-state index contributed by atoms with van der Waals surface area (Å²) in [6.45, 7) is 6.41. The minimum absolute atomic E-state index is 0.180. The lowest BCUT2D eigenvalue weighted by Gasteiger charge is -2.16. The first-order valence-electron chi connectivity index (χ1n) is 10.5. The first-order valence-corrected chi connectivity index (χ1v) is 10.5. The highest BCUT2D eigenvalue weighted by Gasteiger charge is 2.21. The number of unbranched alkanes of at least 4 members (excludes halogenated alkanes) is 1. The second kappa shape index (κ2) is 9.68. The van der Waals surface area contributed by atoms with Gasteiger partial charge in [0.25, 0.3) is 0 Å². The molecule has 1 unspecified atom stereocenters. The molecule has 3 aromatic rings. The molecule has 3 rings (SSSR count). The average molecular weight is 397 g/mol. The maximum absolute atomic E-state index is 13.9. The molecule has 0 amide bonds. The summed E-state index contributed by atoms with van der Waals surface area (Å²) < 4.78 is 21.2. The van der Waals surface area contributed by atoms with Crippen LogP contribution in [0.2, 0.25) is 0 Å². The van der Waals surface area contributed by atoms with Crippen molar-refractivity contribution in [2.45, 2.75) is 58.8 Å². The Morgan fingerprint density at radius 1 is 1.10 bits per heavy atom. The van der Waals surface area contributed by atoms with Gasteiger partial charge >= 0.3 is 5.97 Å². The topological polar surface area (TPSA) is 44.1 Å². The maximum atomic E-state index is 13.9. The van der Waals surface area contributed by atoms with Gasteiger partial charge in [0, 0.05) is 18.2 Å². The lowest BCUT2D eigenvalue weighted by atomic mass is 9.94. The Kier molecular flexibility index (Phi) is 7.02. The summed E-state index contributed by atoms with van der Waals surface area (Å²) in [5.74, 6) is 0.213. The molecule has 0 N–H and O–H groups in total. The first-order chi connectivity index (χ1) is 14.1. The van der Waals surface area contributed by atoms with Crippen LogP contribution in [0.4, 0.5) is 4.39 Å². The highest BCUT2D eigenvalue weighted by atomic mass is 19.1. The molecule has 0 aliphatic heterocycles. The number of carbonyl (C=O) groups excluding carboxylic acids is 1. The number of hydrogen-bond donors (Lipinski definition) is 0. The highest BCUT2D eigenvalue weighted by molar-refractivity contribution is 5.79. The number of nitrogens with zero attached hydrogens (tertiary/aromatic N) is 2. The quantitative estimate of drug-likeness (QED) is 0.420. The van der Waals surface area contributed by atoms with Crippen LogP contribution < -0.4 is 0 Å². The fourth-order valence-corrected chi connectivity index (χ4v) is 3.70. The Bertz CT molecular complexity index is 963. The van der Waals surface area contributed by atoms with Crippen LogP contribution in [0.3, 0.4) is 0 Å². The summed E-state index contributed by atoms with van der Waals surface area (Å²) >= 11 is 0. The van der Waals surface area contributed by atoms with E-state index in [0.717, 1.165) is 60.2 Å². The van der Waals surface area contributed by atoms with E-state index < -0.39 is 0 Å². The molecule has 154 valence electrons. The molecule has 1 heterocycles. The summed E-state index contributed by atoms with van der Waals surface area (Å²) in [6, 6.07) is 12.6. The standard InChI is InChI=1S/C24H29FN2O2/c1-4-7-9-23-26-21-15-12-18(25)16-22(21)27(23)19-13-10-17(11-14-19)20(8-5-2)24(28)29-6-3/h10-16,20H,4-9H2,1-3H3. The molecule has 1 atom stereocenters. The van der Waals surface area contributed by atoms with Gasteiger partial charge in [-0.25, -0.2) is 9.37 Å². The molecule has 29 heavy (non-hydrogen) atoms. The molecule has 4 nitrogen and oxygen atoms in total. The number of rotatable bonds is 9. The second-order valence-corrected chi connectivity index (χ2v) is 7.28. The molecule has 0 radical (unpaired) electrons. The minimum atomic E-state index is -0.275. The zero-order valence-corrected chi connectivity index (χ0v) is 17.5. The van der Waals surface area contributed by atoms with Crippen LogP contribution in [0, 0.1) is 5.82 Å². The summed E-state index contributed by atoms with van der Waals surface area (Å²) in [5.41, 5.74) is 3.42. The van der Waals surface area contributed by atoms with Gasteiger partial charge in [0.15, 0.2) is 0 Å².